The number of methoxy groups -OCH3 is 1. The van der Waals surface area contributed by atoms with Gasteiger partial charge in [0.2, 0.25) is 0 Å². The van der Waals surface area contributed by atoms with Crippen molar-refractivity contribution >= 4 is 11.6 Å². The lowest BCUT2D eigenvalue weighted by Crippen LogP contribution is -2.80. The van der Waals surface area contributed by atoms with Crippen LogP contribution in [0.5, 0.6) is 11.5 Å². The summed E-state index contributed by atoms with van der Waals surface area (Å²) >= 11 is 6.01. The van der Waals surface area contributed by atoms with E-state index in [9.17, 15) is 0 Å². The Kier molecular flexibility index (Phi) is 6.47. The maximum atomic E-state index is 6.01. The molecule has 3 rings (SSSR count). The number of rotatable bonds is 8. The number of hydrogen-bond donors (Lipinski definition) is 1. The molecule has 0 aliphatic carbocycles. The highest BCUT2D eigenvalue weighted by Gasteiger charge is 2.08. The summed E-state index contributed by atoms with van der Waals surface area (Å²) in [6, 6.07) is 17.8. The minimum atomic E-state index is 0.449. The Morgan fingerprint density at radius 2 is 1.69 bits per heavy atom. The Bertz CT molecular complexity index is 840. The first-order valence-electron chi connectivity index (χ1n) is 8.49. The number of pyridine rings is 1. The Morgan fingerprint density at radius 3 is 2.46 bits per heavy atom. The summed E-state index contributed by atoms with van der Waals surface area (Å²) < 4.78 is 11.4. The number of aromatic nitrogens is 1. The summed E-state index contributed by atoms with van der Waals surface area (Å²) in [6.07, 6.45) is 3.64. The van der Waals surface area contributed by atoms with Crippen LogP contribution < -0.4 is 14.8 Å². The van der Waals surface area contributed by atoms with Gasteiger partial charge in [-0.15, -0.1) is 0 Å². The fourth-order valence-electron chi connectivity index (χ4n) is 2.67. The van der Waals surface area contributed by atoms with Gasteiger partial charge in [0.05, 0.1) is 7.11 Å². The number of halogens is 1. The van der Waals surface area contributed by atoms with E-state index < -0.39 is 0 Å². The van der Waals surface area contributed by atoms with E-state index in [2.05, 4.69) is 16.4 Å². The second-order valence-electron chi connectivity index (χ2n) is 5.96. The molecule has 1 heterocycles. The van der Waals surface area contributed by atoms with E-state index in [0.717, 1.165) is 30.2 Å². The summed E-state index contributed by atoms with van der Waals surface area (Å²) in [4.78, 5) is 4.04. The third-order valence-corrected chi connectivity index (χ3v) is 4.26. The van der Waals surface area contributed by atoms with Crippen LogP contribution in [0.15, 0.2) is 67.0 Å². The van der Waals surface area contributed by atoms with Crippen LogP contribution in [0.1, 0.15) is 16.7 Å². The van der Waals surface area contributed by atoms with E-state index in [1.54, 1.807) is 7.11 Å². The van der Waals surface area contributed by atoms with Crippen LogP contribution in [0, 0.1) is 0 Å². The molecular formula is C21H22ClN2O2+. The molecule has 0 spiro atoms. The molecule has 0 amide bonds. The van der Waals surface area contributed by atoms with Gasteiger partial charge in [-0.2, -0.15) is 0 Å². The Morgan fingerprint density at radius 1 is 0.885 bits per heavy atom. The maximum absolute atomic E-state index is 6.01. The Balaban J connectivity index is 1.58. The summed E-state index contributed by atoms with van der Waals surface area (Å²) in [5.41, 5.74) is 3.47. The number of quaternary nitrogens is 1. The van der Waals surface area contributed by atoms with Crippen LogP contribution in [0.2, 0.25) is 5.02 Å². The minimum absolute atomic E-state index is 0.449. The van der Waals surface area contributed by atoms with Crippen molar-refractivity contribution in [1.29, 1.82) is 0 Å². The van der Waals surface area contributed by atoms with Gasteiger partial charge in [0, 0.05) is 28.5 Å². The van der Waals surface area contributed by atoms with Crippen molar-refractivity contribution < 1.29 is 14.8 Å². The van der Waals surface area contributed by atoms with Gasteiger partial charge in [0.25, 0.3) is 0 Å². The van der Waals surface area contributed by atoms with Gasteiger partial charge in [-0.25, -0.2) is 0 Å². The van der Waals surface area contributed by atoms with Crippen molar-refractivity contribution in [3.8, 4) is 11.5 Å². The van der Waals surface area contributed by atoms with Crippen molar-refractivity contribution in [2.45, 2.75) is 19.7 Å². The average molecular weight is 370 g/mol. The average Bonchev–Trinajstić information content (AvgIpc) is 2.67. The number of nitrogens with two attached hydrogens (primary N) is 1. The zero-order chi connectivity index (χ0) is 18.2. The monoisotopic (exact) mass is 369 g/mol. The molecule has 0 saturated carbocycles. The first-order chi connectivity index (χ1) is 12.7. The van der Waals surface area contributed by atoms with Gasteiger partial charge >= 0.3 is 0 Å². The van der Waals surface area contributed by atoms with Crippen LogP contribution >= 0.6 is 11.6 Å². The SMILES string of the molecule is COc1cc(C[NH2+]Cc2ccncc2)ccc1OCc1cccc(Cl)c1. The summed E-state index contributed by atoms with van der Waals surface area (Å²) in [6.45, 7) is 2.23. The fraction of sp³-hybridized carbons (Fsp3) is 0.190. The number of hydrogen-bond acceptors (Lipinski definition) is 3. The predicted molar refractivity (Wildman–Crippen MR) is 102 cm³/mol. The van der Waals surface area contributed by atoms with E-state index in [0.29, 0.717) is 11.6 Å². The third-order valence-electron chi connectivity index (χ3n) is 4.02. The van der Waals surface area contributed by atoms with Gasteiger partial charge in [0.1, 0.15) is 19.7 Å². The molecule has 4 nitrogen and oxygen atoms in total. The molecule has 3 aromatic rings. The van der Waals surface area contributed by atoms with Crippen molar-refractivity contribution in [3.05, 3.63) is 88.7 Å². The molecule has 5 heteroatoms. The van der Waals surface area contributed by atoms with E-state index in [-0.39, 0.29) is 0 Å². The number of nitrogens with zero attached hydrogens (tertiary/aromatic N) is 1. The number of benzene rings is 2. The van der Waals surface area contributed by atoms with Gasteiger partial charge in [-0.3, -0.25) is 4.98 Å². The van der Waals surface area contributed by atoms with Crippen molar-refractivity contribution in [1.82, 2.24) is 4.98 Å². The molecule has 0 aliphatic rings. The fourth-order valence-corrected chi connectivity index (χ4v) is 2.88. The molecule has 0 aliphatic heterocycles. The van der Waals surface area contributed by atoms with Gasteiger partial charge in [0.15, 0.2) is 11.5 Å². The highest BCUT2D eigenvalue weighted by Crippen LogP contribution is 2.28. The molecular weight excluding hydrogens is 348 g/mol. The zero-order valence-electron chi connectivity index (χ0n) is 14.7. The van der Waals surface area contributed by atoms with Gasteiger partial charge in [-0.05, 0) is 48.0 Å². The smallest absolute Gasteiger partial charge is 0.161 e. The minimum Gasteiger partial charge on any atom is -0.493 e. The normalized spacial score (nSPS) is 10.5. The van der Waals surface area contributed by atoms with Gasteiger partial charge < -0.3 is 14.8 Å². The molecule has 134 valence electrons. The van der Waals surface area contributed by atoms with Crippen LogP contribution in [0.3, 0.4) is 0 Å². The summed E-state index contributed by atoms with van der Waals surface area (Å²) in [5.74, 6) is 1.46. The van der Waals surface area contributed by atoms with E-state index >= 15 is 0 Å². The molecule has 0 atom stereocenters. The Labute approximate surface area is 158 Å². The third kappa shape index (κ3) is 5.22. The summed E-state index contributed by atoms with van der Waals surface area (Å²) in [7, 11) is 1.66. The molecule has 1 aromatic heterocycles. The van der Waals surface area contributed by atoms with Crippen LogP contribution in [-0.2, 0) is 19.7 Å². The Hall–Kier alpha value is -2.56. The molecule has 0 saturated heterocycles. The van der Waals surface area contributed by atoms with Crippen molar-refractivity contribution in [2.75, 3.05) is 7.11 Å². The quantitative estimate of drug-likeness (QED) is 0.660. The van der Waals surface area contributed by atoms with Crippen molar-refractivity contribution in [3.63, 3.8) is 0 Å². The topological polar surface area (TPSA) is 48.0 Å². The highest BCUT2D eigenvalue weighted by atomic mass is 35.5. The summed E-state index contributed by atoms with van der Waals surface area (Å²) in [5, 5.41) is 2.95. The van der Waals surface area contributed by atoms with E-state index in [1.807, 2.05) is 60.9 Å². The first-order valence-corrected chi connectivity index (χ1v) is 8.87. The lowest BCUT2D eigenvalue weighted by Gasteiger charge is -2.12. The maximum Gasteiger partial charge on any atom is 0.161 e. The van der Waals surface area contributed by atoms with Crippen molar-refractivity contribution in [2.24, 2.45) is 0 Å². The lowest BCUT2D eigenvalue weighted by molar-refractivity contribution is -0.686. The van der Waals surface area contributed by atoms with Crippen LogP contribution in [0.4, 0.5) is 0 Å². The molecule has 0 radical (unpaired) electrons. The predicted octanol–water partition coefficient (Wildman–Crippen LogP) is 3.59. The largest absolute Gasteiger partial charge is 0.493 e. The molecule has 0 fully saturated rings. The van der Waals surface area contributed by atoms with E-state index in [4.69, 9.17) is 21.1 Å². The molecule has 2 aromatic carbocycles. The zero-order valence-corrected chi connectivity index (χ0v) is 15.4. The first kappa shape index (κ1) is 18.2. The molecule has 0 unspecified atom stereocenters. The molecule has 26 heavy (non-hydrogen) atoms. The van der Waals surface area contributed by atoms with E-state index in [1.165, 1.54) is 11.1 Å². The van der Waals surface area contributed by atoms with Crippen LogP contribution in [0.25, 0.3) is 0 Å². The second kappa shape index (κ2) is 9.22. The lowest BCUT2D eigenvalue weighted by atomic mass is 10.2. The van der Waals surface area contributed by atoms with Crippen LogP contribution in [-0.4, -0.2) is 12.1 Å². The van der Waals surface area contributed by atoms with Gasteiger partial charge in [-0.1, -0.05) is 23.7 Å². The molecule has 2 N–H and O–H groups in total. The highest BCUT2D eigenvalue weighted by molar-refractivity contribution is 6.30. The molecule has 0 bridgehead atoms. The standard InChI is InChI=1S/C21H21ClN2O2/c1-25-21-12-17(14-24-13-16-7-9-23-10-8-16)5-6-20(21)26-15-18-3-2-4-19(22)11-18/h2-12,24H,13-15H2,1H3/p+1. The number of ether oxygens (including phenoxy) is 2. The second-order valence-corrected chi connectivity index (χ2v) is 6.39.